The first-order valence-electron chi connectivity index (χ1n) is 6.67. The first-order chi connectivity index (χ1) is 8.79. The van der Waals surface area contributed by atoms with Crippen molar-refractivity contribution in [2.75, 3.05) is 26.4 Å². The van der Waals surface area contributed by atoms with Gasteiger partial charge in [-0.05, 0) is 32.0 Å². The van der Waals surface area contributed by atoms with Gasteiger partial charge in [-0.1, -0.05) is 6.92 Å². The van der Waals surface area contributed by atoms with Gasteiger partial charge in [-0.25, -0.2) is 0 Å². The number of hydrogen-bond acceptors (Lipinski definition) is 4. The maximum absolute atomic E-state index is 5.89. The summed E-state index contributed by atoms with van der Waals surface area (Å²) >= 11 is 0. The van der Waals surface area contributed by atoms with Crippen molar-refractivity contribution in [3.63, 3.8) is 0 Å². The molecule has 1 aliphatic rings. The Morgan fingerprint density at radius 1 is 1.50 bits per heavy atom. The average Bonchev–Trinajstić information content (AvgIpc) is 2.88. The molecule has 1 aliphatic heterocycles. The minimum Gasteiger partial charge on any atom is -0.491 e. The van der Waals surface area contributed by atoms with Gasteiger partial charge < -0.3 is 14.8 Å². The molecular formula is C14H22N2O2. The van der Waals surface area contributed by atoms with Crippen molar-refractivity contribution in [2.45, 2.75) is 26.8 Å². The highest BCUT2D eigenvalue weighted by Gasteiger charge is 2.17. The molecule has 1 N–H and O–H groups in total. The number of nitrogens with one attached hydrogen (secondary N) is 1. The minimum atomic E-state index is 0.526. The van der Waals surface area contributed by atoms with Crippen LogP contribution < -0.4 is 10.1 Å². The number of rotatable bonds is 6. The van der Waals surface area contributed by atoms with Gasteiger partial charge in [-0.3, -0.25) is 4.98 Å². The van der Waals surface area contributed by atoms with Crippen LogP contribution in [0.1, 0.15) is 24.7 Å². The Morgan fingerprint density at radius 3 is 3.11 bits per heavy atom. The van der Waals surface area contributed by atoms with Gasteiger partial charge in [-0.2, -0.15) is 0 Å². The summed E-state index contributed by atoms with van der Waals surface area (Å²) in [5, 5.41) is 3.29. The van der Waals surface area contributed by atoms with E-state index in [1.54, 1.807) is 0 Å². The van der Waals surface area contributed by atoms with Gasteiger partial charge >= 0.3 is 0 Å². The summed E-state index contributed by atoms with van der Waals surface area (Å²) in [6, 6.07) is 4.01. The van der Waals surface area contributed by atoms with Gasteiger partial charge in [0.1, 0.15) is 5.75 Å². The summed E-state index contributed by atoms with van der Waals surface area (Å²) in [5.41, 5.74) is 2.02. The Morgan fingerprint density at radius 2 is 2.39 bits per heavy atom. The summed E-state index contributed by atoms with van der Waals surface area (Å²) in [6.07, 6.45) is 1.10. The number of pyridine rings is 1. The third-order valence-electron chi connectivity index (χ3n) is 3.11. The second kappa shape index (κ2) is 6.71. The van der Waals surface area contributed by atoms with Crippen molar-refractivity contribution >= 4 is 0 Å². The fraction of sp³-hybridized carbons (Fsp3) is 0.643. The second-order valence-corrected chi connectivity index (χ2v) is 4.72. The number of nitrogens with zero attached hydrogens (tertiary/aromatic N) is 1. The molecule has 2 heterocycles. The fourth-order valence-electron chi connectivity index (χ4n) is 2.02. The third-order valence-corrected chi connectivity index (χ3v) is 3.11. The number of hydrogen-bond donors (Lipinski definition) is 1. The van der Waals surface area contributed by atoms with Gasteiger partial charge in [-0.15, -0.1) is 0 Å². The molecule has 1 unspecified atom stereocenters. The third kappa shape index (κ3) is 3.68. The molecule has 0 spiro atoms. The standard InChI is InChI=1S/C14H22N2O2/c1-3-15-8-13-14(5-4-11(2)16-13)18-10-12-6-7-17-9-12/h4-5,12,15H,3,6-10H2,1-2H3. The molecule has 1 fully saturated rings. The Balaban J connectivity index is 1.96. The van der Waals surface area contributed by atoms with E-state index in [4.69, 9.17) is 9.47 Å². The lowest BCUT2D eigenvalue weighted by molar-refractivity contribution is 0.166. The van der Waals surface area contributed by atoms with Crippen molar-refractivity contribution in [1.29, 1.82) is 0 Å². The van der Waals surface area contributed by atoms with Crippen molar-refractivity contribution in [1.82, 2.24) is 10.3 Å². The molecule has 1 saturated heterocycles. The SMILES string of the molecule is CCNCc1nc(C)ccc1OCC1CCOC1. The topological polar surface area (TPSA) is 43.4 Å². The van der Waals surface area contributed by atoms with E-state index in [-0.39, 0.29) is 0 Å². The van der Waals surface area contributed by atoms with Crippen LogP contribution in [-0.2, 0) is 11.3 Å². The molecule has 2 rings (SSSR count). The Kier molecular flexibility index (Phi) is 4.96. The predicted molar refractivity (Wildman–Crippen MR) is 70.8 cm³/mol. The quantitative estimate of drug-likeness (QED) is 0.837. The zero-order valence-electron chi connectivity index (χ0n) is 11.2. The van der Waals surface area contributed by atoms with Crippen LogP contribution in [0.5, 0.6) is 5.75 Å². The van der Waals surface area contributed by atoms with E-state index in [1.807, 2.05) is 19.1 Å². The van der Waals surface area contributed by atoms with Gasteiger partial charge in [0.05, 0.1) is 18.9 Å². The van der Waals surface area contributed by atoms with Gasteiger partial charge in [0.15, 0.2) is 0 Å². The molecule has 0 amide bonds. The van der Waals surface area contributed by atoms with E-state index in [0.29, 0.717) is 5.92 Å². The lowest BCUT2D eigenvalue weighted by Gasteiger charge is -2.14. The molecule has 0 bridgehead atoms. The van der Waals surface area contributed by atoms with Gasteiger partial charge in [0.25, 0.3) is 0 Å². The molecule has 1 aromatic heterocycles. The number of ether oxygens (including phenoxy) is 2. The highest BCUT2D eigenvalue weighted by atomic mass is 16.5. The van der Waals surface area contributed by atoms with E-state index in [9.17, 15) is 0 Å². The van der Waals surface area contributed by atoms with E-state index >= 15 is 0 Å². The van der Waals surface area contributed by atoms with Crippen molar-refractivity contribution in [3.05, 3.63) is 23.5 Å². The summed E-state index contributed by atoms with van der Waals surface area (Å²) in [4.78, 5) is 4.54. The van der Waals surface area contributed by atoms with E-state index < -0.39 is 0 Å². The summed E-state index contributed by atoms with van der Waals surface area (Å²) in [6.45, 7) is 8.20. The van der Waals surface area contributed by atoms with Crippen LogP contribution in [0.25, 0.3) is 0 Å². The molecule has 0 saturated carbocycles. The highest BCUT2D eigenvalue weighted by molar-refractivity contribution is 5.29. The Bertz CT molecular complexity index is 376. The van der Waals surface area contributed by atoms with E-state index in [0.717, 1.165) is 56.5 Å². The maximum atomic E-state index is 5.89. The molecule has 0 radical (unpaired) electrons. The summed E-state index contributed by atoms with van der Waals surface area (Å²) < 4.78 is 11.2. The van der Waals surface area contributed by atoms with Crippen LogP contribution in [0, 0.1) is 12.8 Å². The average molecular weight is 250 g/mol. The summed E-state index contributed by atoms with van der Waals surface area (Å²) in [5.74, 6) is 1.42. The van der Waals surface area contributed by atoms with E-state index in [2.05, 4.69) is 17.2 Å². The highest BCUT2D eigenvalue weighted by Crippen LogP contribution is 2.20. The molecule has 0 aromatic carbocycles. The smallest absolute Gasteiger partial charge is 0.142 e. The number of aromatic nitrogens is 1. The van der Waals surface area contributed by atoms with Crippen molar-refractivity contribution in [3.8, 4) is 5.75 Å². The first-order valence-corrected chi connectivity index (χ1v) is 6.67. The minimum absolute atomic E-state index is 0.526. The second-order valence-electron chi connectivity index (χ2n) is 4.72. The van der Waals surface area contributed by atoms with Crippen LogP contribution >= 0.6 is 0 Å². The van der Waals surface area contributed by atoms with Gasteiger partial charge in [0.2, 0.25) is 0 Å². The maximum Gasteiger partial charge on any atom is 0.142 e. The Labute approximate surface area is 109 Å². The Hall–Kier alpha value is -1.13. The zero-order valence-corrected chi connectivity index (χ0v) is 11.2. The summed E-state index contributed by atoms with van der Waals surface area (Å²) in [7, 11) is 0. The molecule has 1 aromatic rings. The molecule has 0 aliphatic carbocycles. The molecular weight excluding hydrogens is 228 g/mol. The largest absolute Gasteiger partial charge is 0.491 e. The van der Waals surface area contributed by atoms with Crippen LogP contribution in [0.3, 0.4) is 0 Å². The molecule has 18 heavy (non-hydrogen) atoms. The molecule has 100 valence electrons. The van der Waals surface area contributed by atoms with Crippen LogP contribution in [0.15, 0.2) is 12.1 Å². The van der Waals surface area contributed by atoms with Crippen molar-refractivity contribution in [2.24, 2.45) is 5.92 Å². The molecule has 1 atom stereocenters. The van der Waals surface area contributed by atoms with Crippen molar-refractivity contribution < 1.29 is 9.47 Å². The molecule has 4 heteroatoms. The lowest BCUT2D eigenvalue weighted by Crippen LogP contribution is -2.17. The predicted octanol–water partition coefficient (Wildman–Crippen LogP) is 1.91. The van der Waals surface area contributed by atoms with Crippen LogP contribution in [0.2, 0.25) is 0 Å². The van der Waals surface area contributed by atoms with Crippen LogP contribution in [0.4, 0.5) is 0 Å². The normalized spacial score (nSPS) is 19.1. The number of aryl methyl sites for hydroxylation is 1. The van der Waals surface area contributed by atoms with Crippen LogP contribution in [-0.4, -0.2) is 31.3 Å². The first kappa shape index (κ1) is 13.3. The van der Waals surface area contributed by atoms with E-state index in [1.165, 1.54) is 0 Å². The lowest BCUT2D eigenvalue weighted by atomic mass is 10.1. The fourth-order valence-corrected chi connectivity index (χ4v) is 2.02. The monoisotopic (exact) mass is 250 g/mol. The zero-order chi connectivity index (χ0) is 12.8. The van der Waals surface area contributed by atoms with Gasteiger partial charge in [0, 0.05) is 24.8 Å². The molecule has 4 nitrogen and oxygen atoms in total.